The maximum atomic E-state index is 12.7. The van der Waals surface area contributed by atoms with Crippen molar-refractivity contribution in [2.24, 2.45) is 22.2 Å². The maximum absolute atomic E-state index is 12.7. The predicted molar refractivity (Wildman–Crippen MR) is 89.5 cm³/mol. The van der Waals surface area contributed by atoms with E-state index in [4.69, 9.17) is 4.18 Å². The van der Waals surface area contributed by atoms with Crippen LogP contribution in [-0.4, -0.2) is 25.7 Å². The summed E-state index contributed by atoms with van der Waals surface area (Å²) in [6, 6.07) is 0. The molecule has 5 nitrogen and oxygen atoms in total. The number of hydrogen-bond donors (Lipinski definition) is 0. The van der Waals surface area contributed by atoms with Crippen LogP contribution in [0.4, 0.5) is 0 Å². The molecule has 3 aliphatic carbocycles. The first-order valence-corrected chi connectivity index (χ1v) is 10.1. The largest absolute Gasteiger partial charge is 0.387 e. The van der Waals surface area contributed by atoms with Crippen molar-refractivity contribution in [2.45, 2.75) is 59.8 Å². The summed E-state index contributed by atoms with van der Waals surface area (Å²) in [5.41, 5.74) is -1.47. The van der Waals surface area contributed by atoms with Crippen molar-refractivity contribution in [1.29, 1.82) is 0 Å². The molecule has 24 heavy (non-hydrogen) atoms. The van der Waals surface area contributed by atoms with E-state index in [0.717, 1.165) is 6.42 Å². The zero-order valence-electron chi connectivity index (χ0n) is 14.8. The zero-order valence-corrected chi connectivity index (χ0v) is 15.7. The van der Waals surface area contributed by atoms with E-state index in [0.29, 0.717) is 25.7 Å². The molecular formula is C18H26O5S. The van der Waals surface area contributed by atoms with Crippen LogP contribution >= 0.6 is 0 Å². The molecule has 134 valence electrons. The molecule has 0 aliphatic heterocycles. The Labute approximate surface area is 144 Å². The number of allylic oxidation sites excluding steroid dienone is 2. The van der Waals surface area contributed by atoms with Gasteiger partial charge >= 0.3 is 10.1 Å². The number of carbonyl (C=O) groups is 2. The van der Waals surface area contributed by atoms with Crippen molar-refractivity contribution in [1.82, 2.24) is 0 Å². The van der Waals surface area contributed by atoms with Crippen molar-refractivity contribution in [2.75, 3.05) is 5.75 Å². The summed E-state index contributed by atoms with van der Waals surface area (Å²) in [4.78, 5) is 24.3. The number of Topliss-reactive ketones (excluding diaryl/α,β-unsaturated/α-hetero) is 1. The van der Waals surface area contributed by atoms with Crippen LogP contribution in [-0.2, 0) is 23.9 Å². The van der Waals surface area contributed by atoms with Gasteiger partial charge in [-0.1, -0.05) is 27.7 Å². The van der Waals surface area contributed by atoms with Crippen molar-refractivity contribution in [3.63, 3.8) is 0 Å². The minimum atomic E-state index is -3.93. The lowest BCUT2D eigenvalue weighted by atomic mass is 9.70. The fourth-order valence-corrected chi connectivity index (χ4v) is 6.72. The van der Waals surface area contributed by atoms with Gasteiger partial charge in [0.2, 0.25) is 0 Å². The van der Waals surface area contributed by atoms with Crippen LogP contribution in [0.15, 0.2) is 11.8 Å². The number of carbonyl (C=O) groups excluding carboxylic acids is 2. The van der Waals surface area contributed by atoms with Crippen LogP contribution in [0.1, 0.15) is 59.8 Å². The lowest BCUT2D eigenvalue weighted by Crippen LogP contribution is -2.42. The molecule has 3 rings (SSSR count). The highest BCUT2D eigenvalue weighted by atomic mass is 32.2. The Hall–Kier alpha value is -1.17. The number of fused-ring (bicyclic) bond motifs is 2. The molecular weight excluding hydrogens is 328 g/mol. The van der Waals surface area contributed by atoms with Gasteiger partial charge in [-0.05, 0) is 29.6 Å². The van der Waals surface area contributed by atoms with Crippen LogP contribution in [0.5, 0.6) is 0 Å². The third-order valence-corrected chi connectivity index (χ3v) is 7.74. The van der Waals surface area contributed by atoms with E-state index in [1.54, 1.807) is 0 Å². The van der Waals surface area contributed by atoms with Gasteiger partial charge < -0.3 is 4.18 Å². The fraction of sp³-hybridized carbons (Fsp3) is 0.778. The van der Waals surface area contributed by atoms with Crippen molar-refractivity contribution in [3.05, 3.63) is 11.8 Å². The highest BCUT2D eigenvalue weighted by Gasteiger charge is 2.65. The lowest BCUT2D eigenvalue weighted by Gasteiger charge is -2.36. The second-order valence-electron chi connectivity index (χ2n) is 9.05. The average molecular weight is 354 g/mol. The smallest absolute Gasteiger partial charge is 0.309 e. The van der Waals surface area contributed by atoms with E-state index in [1.165, 1.54) is 6.08 Å². The summed E-state index contributed by atoms with van der Waals surface area (Å²) in [6.07, 6.45) is 4.05. The Kier molecular flexibility index (Phi) is 3.80. The molecule has 2 atom stereocenters. The van der Waals surface area contributed by atoms with Crippen molar-refractivity contribution < 1.29 is 22.2 Å². The lowest BCUT2D eigenvalue weighted by molar-refractivity contribution is -0.128. The summed E-state index contributed by atoms with van der Waals surface area (Å²) >= 11 is 0. The Morgan fingerprint density at radius 1 is 1.17 bits per heavy atom. The van der Waals surface area contributed by atoms with Crippen LogP contribution in [0.2, 0.25) is 0 Å². The van der Waals surface area contributed by atoms with E-state index < -0.39 is 15.5 Å². The summed E-state index contributed by atoms with van der Waals surface area (Å²) in [5, 5.41) is 0. The van der Waals surface area contributed by atoms with Gasteiger partial charge in [0.25, 0.3) is 0 Å². The Morgan fingerprint density at radius 3 is 2.33 bits per heavy atom. The van der Waals surface area contributed by atoms with Crippen molar-refractivity contribution in [3.8, 4) is 0 Å². The number of hydrogen-bond acceptors (Lipinski definition) is 5. The third-order valence-electron chi connectivity index (χ3n) is 6.42. The number of ketones is 2. The molecule has 0 N–H and O–H groups in total. The van der Waals surface area contributed by atoms with Gasteiger partial charge in [-0.3, -0.25) is 9.59 Å². The van der Waals surface area contributed by atoms with Gasteiger partial charge in [-0.15, -0.1) is 0 Å². The first kappa shape index (κ1) is 17.6. The van der Waals surface area contributed by atoms with E-state index >= 15 is 0 Å². The molecule has 6 heteroatoms. The highest BCUT2D eigenvalue weighted by Crippen LogP contribution is 2.64. The fourth-order valence-electron chi connectivity index (χ4n) is 4.94. The van der Waals surface area contributed by atoms with Gasteiger partial charge in [0.05, 0.1) is 11.2 Å². The number of rotatable bonds is 4. The normalized spacial score (nSPS) is 34.3. The maximum Gasteiger partial charge on any atom is 0.309 e. The van der Waals surface area contributed by atoms with Crippen LogP contribution in [0.25, 0.3) is 0 Å². The molecule has 0 heterocycles. The Morgan fingerprint density at radius 2 is 1.83 bits per heavy atom. The van der Waals surface area contributed by atoms with E-state index in [9.17, 15) is 18.0 Å². The predicted octanol–water partition coefficient (Wildman–Crippen LogP) is 3.00. The van der Waals surface area contributed by atoms with Gasteiger partial charge in [-0.25, -0.2) is 0 Å². The quantitative estimate of drug-likeness (QED) is 0.725. The van der Waals surface area contributed by atoms with Gasteiger partial charge in [0, 0.05) is 25.3 Å². The average Bonchev–Trinajstić information content (AvgIpc) is 2.68. The van der Waals surface area contributed by atoms with E-state index in [-0.39, 0.29) is 39.8 Å². The Bertz CT molecular complexity index is 729. The second-order valence-corrected chi connectivity index (χ2v) is 10.6. The van der Waals surface area contributed by atoms with Gasteiger partial charge in [0.15, 0.2) is 5.78 Å². The van der Waals surface area contributed by atoms with E-state index in [2.05, 4.69) is 0 Å². The Balaban J connectivity index is 1.83. The minimum absolute atomic E-state index is 0.0463. The SMILES string of the molecule is CC1(C)CC(=O)C=C(OS(=O)(=O)CC23CCC(CC2=O)C3(C)C)C1. The summed E-state index contributed by atoms with van der Waals surface area (Å²) in [6.45, 7) is 7.82. The molecule has 2 unspecified atom stereocenters. The molecule has 2 bridgehead atoms. The zero-order chi connectivity index (χ0) is 18.0. The summed E-state index contributed by atoms with van der Waals surface area (Å²) in [5.74, 6) is 0.103. The molecule has 0 amide bonds. The van der Waals surface area contributed by atoms with Crippen LogP contribution in [0, 0.1) is 22.2 Å². The van der Waals surface area contributed by atoms with Crippen molar-refractivity contribution >= 4 is 21.7 Å². The molecule has 0 spiro atoms. The second kappa shape index (κ2) is 5.16. The van der Waals surface area contributed by atoms with E-state index in [1.807, 2.05) is 27.7 Å². The first-order valence-electron chi connectivity index (χ1n) is 8.56. The minimum Gasteiger partial charge on any atom is -0.387 e. The third kappa shape index (κ3) is 2.72. The molecule has 0 aromatic heterocycles. The molecule has 0 radical (unpaired) electrons. The summed E-state index contributed by atoms with van der Waals surface area (Å²) in [7, 11) is -3.93. The van der Waals surface area contributed by atoms with Crippen LogP contribution < -0.4 is 0 Å². The standard InChI is InChI=1S/C18H26O5S/c1-16(2)9-13(19)8-14(10-16)23-24(21,22)11-18-6-5-12(7-15(18)20)17(18,3)4/h8,12H,5-7,9-11H2,1-4H3. The van der Waals surface area contributed by atoms with Crippen LogP contribution in [0.3, 0.4) is 0 Å². The molecule has 0 saturated heterocycles. The first-order chi connectivity index (χ1) is 10.9. The molecule has 3 aliphatic rings. The molecule has 2 fully saturated rings. The highest BCUT2D eigenvalue weighted by molar-refractivity contribution is 7.86. The molecule has 2 saturated carbocycles. The monoisotopic (exact) mass is 354 g/mol. The molecule has 0 aromatic carbocycles. The summed E-state index contributed by atoms with van der Waals surface area (Å²) < 4.78 is 30.6. The topological polar surface area (TPSA) is 77.5 Å². The van der Waals surface area contributed by atoms with Gasteiger partial charge in [-0.2, -0.15) is 8.42 Å². The van der Waals surface area contributed by atoms with Gasteiger partial charge in [0.1, 0.15) is 11.5 Å². The molecule has 0 aromatic rings.